The first-order valence-electron chi connectivity index (χ1n) is 13.4. The van der Waals surface area contributed by atoms with Gasteiger partial charge < -0.3 is 14.6 Å². The van der Waals surface area contributed by atoms with Gasteiger partial charge in [-0.1, -0.05) is 67.1 Å². The lowest BCUT2D eigenvalue weighted by Gasteiger charge is -2.13. The number of nitrogens with one attached hydrogen (secondary N) is 1. The topological polar surface area (TPSA) is 97.7 Å². The number of ether oxygens (including phenoxy) is 1. The number of imide groups is 1. The number of esters is 1. The molecular weight excluding hydrogens is 574 g/mol. The van der Waals surface area contributed by atoms with E-state index in [1.165, 1.54) is 18.2 Å². The fraction of sp³-hybridized carbons (Fsp3) is 0.188. The lowest BCUT2D eigenvalue weighted by Crippen LogP contribution is -2.36. The second kappa shape index (κ2) is 12.7. The number of thioether (sulfide) groups is 1. The quantitative estimate of drug-likeness (QED) is 0.166. The summed E-state index contributed by atoms with van der Waals surface area (Å²) in [5.74, 6) is -1.74. The number of aromatic nitrogens is 1. The van der Waals surface area contributed by atoms with E-state index in [4.69, 9.17) is 16.3 Å². The summed E-state index contributed by atoms with van der Waals surface area (Å²) in [5, 5.41) is 3.24. The zero-order valence-electron chi connectivity index (χ0n) is 23.1. The molecular formula is C32H28ClN3O5S. The average molecular weight is 602 g/mol. The molecule has 214 valence electrons. The van der Waals surface area contributed by atoms with Crippen molar-refractivity contribution in [3.8, 4) is 0 Å². The minimum Gasteiger partial charge on any atom is -0.462 e. The number of anilines is 1. The molecule has 5 rings (SSSR count). The molecule has 4 aromatic rings. The Bertz CT molecular complexity index is 1730. The Morgan fingerprint density at radius 3 is 2.52 bits per heavy atom. The van der Waals surface area contributed by atoms with E-state index in [0.29, 0.717) is 13.0 Å². The van der Waals surface area contributed by atoms with Crippen molar-refractivity contribution in [1.82, 2.24) is 9.47 Å². The highest BCUT2D eigenvalue weighted by Crippen LogP contribution is 2.36. The zero-order chi connectivity index (χ0) is 29.8. The first kappa shape index (κ1) is 29.2. The molecule has 0 radical (unpaired) electrons. The molecule has 3 aromatic carbocycles. The van der Waals surface area contributed by atoms with Crippen LogP contribution in [0.4, 0.5) is 10.5 Å². The maximum Gasteiger partial charge on any atom is 0.339 e. The van der Waals surface area contributed by atoms with Crippen LogP contribution in [-0.4, -0.2) is 45.6 Å². The Labute approximate surface area is 252 Å². The second-order valence-corrected chi connectivity index (χ2v) is 11.1. The summed E-state index contributed by atoms with van der Waals surface area (Å²) in [6.45, 7) is 4.29. The van der Waals surface area contributed by atoms with Crippen molar-refractivity contribution in [2.24, 2.45) is 0 Å². The number of fused-ring (bicyclic) bond motifs is 1. The second-order valence-electron chi connectivity index (χ2n) is 9.73. The molecule has 0 unspecified atom stereocenters. The minimum atomic E-state index is -0.602. The van der Waals surface area contributed by atoms with E-state index in [1.54, 1.807) is 6.08 Å². The minimum absolute atomic E-state index is 0.110. The van der Waals surface area contributed by atoms with Crippen LogP contribution in [0.15, 0.2) is 77.7 Å². The highest BCUT2D eigenvalue weighted by Gasteiger charge is 2.36. The van der Waals surface area contributed by atoms with Gasteiger partial charge in [0.2, 0.25) is 5.91 Å². The number of rotatable bonds is 9. The number of para-hydroxylation sites is 1. The van der Waals surface area contributed by atoms with Gasteiger partial charge in [0.1, 0.15) is 6.54 Å². The van der Waals surface area contributed by atoms with Crippen molar-refractivity contribution in [3.05, 3.63) is 105 Å². The predicted molar refractivity (Wildman–Crippen MR) is 166 cm³/mol. The lowest BCUT2D eigenvalue weighted by molar-refractivity contribution is -0.127. The van der Waals surface area contributed by atoms with Crippen LogP contribution < -0.4 is 5.32 Å². The fourth-order valence-electron chi connectivity index (χ4n) is 4.75. The Balaban J connectivity index is 1.34. The average Bonchev–Trinajstić information content (AvgIpc) is 3.40. The van der Waals surface area contributed by atoms with E-state index in [-0.39, 0.29) is 27.8 Å². The number of carbonyl (C=O) groups excluding carboxylic acids is 4. The first-order valence-corrected chi connectivity index (χ1v) is 14.6. The number of hydrogen-bond acceptors (Lipinski definition) is 6. The van der Waals surface area contributed by atoms with E-state index in [0.717, 1.165) is 44.4 Å². The van der Waals surface area contributed by atoms with Crippen LogP contribution in [0, 0.1) is 6.92 Å². The third-order valence-electron chi connectivity index (χ3n) is 6.82. The maximum atomic E-state index is 13.3. The standard InChI is InChI=1S/C32H28ClN3O5S/c1-3-15-41-31(39)25-16-22(13-14-26(25)33)34-29(37)19-36-30(38)28(42-32(36)40)17-24-20(2)35(18-21-9-5-4-6-10-21)27-12-8-7-11-23(24)27/h4-14,16-17H,3,15,18-19H2,1-2H3,(H,34,37)/b28-17-. The molecule has 1 fully saturated rings. The summed E-state index contributed by atoms with van der Waals surface area (Å²) < 4.78 is 7.32. The SMILES string of the molecule is CCCOC(=O)c1cc(NC(=O)CN2C(=O)S/C(=C\c3c(C)n(Cc4ccccc4)c4ccccc34)C2=O)ccc1Cl. The maximum absolute atomic E-state index is 13.3. The van der Waals surface area contributed by atoms with Crippen LogP contribution in [0.3, 0.4) is 0 Å². The van der Waals surface area contributed by atoms with Gasteiger partial charge in [0.05, 0.1) is 22.1 Å². The monoisotopic (exact) mass is 601 g/mol. The lowest BCUT2D eigenvalue weighted by atomic mass is 10.1. The van der Waals surface area contributed by atoms with E-state index in [9.17, 15) is 19.2 Å². The largest absolute Gasteiger partial charge is 0.462 e. The Kier molecular flexibility index (Phi) is 8.80. The van der Waals surface area contributed by atoms with Crippen LogP contribution in [0.25, 0.3) is 17.0 Å². The molecule has 0 aliphatic carbocycles. The molecule has 1 aliphatic rings. The van der Waals surface area contributed by atoms with Gasteiger partial charge in [0.25, 0.3) is 11.1 Å². The number of benzene rings is 3. The number of carbonyl (C=O) groups is 4. The molecule has 1 N–H and O–H groups in total. The van der Waals surface area contributed by atoms with Gasteiger partial charge in [-0.05, 0) is 61.0 Å². The Hall–Kier alpha value is -4.34. The summed E-state index contributed by atoms with van der Waals surface area (Å²) in [6.07, 6.45) is 2.39. The molecule has 1 saturated heterocycles. The molecule has 0 bridgehead atoms. The van der Waals surface area contributed by atoms with E-state index >= 15 is 0 Å². The van der Waals surface area contributed by atoms with Crippen molar-refractivity contribution in [2.75, 3.05) is 18.5 Å². The van der Waals surface area contributed by atoms with Gasteiger partial charge in [0.15, 0.2) is 0 Å². The van der Waals surface area contributed by atoms with Gasteiger partial charge in [-0.15, -0.1) is 0 Å². The van der Waals surface area contributed by atoms with Gasteiger partial charge in [-0.25, -0.2) is 4.79 Å². The highest BCUT2D eigenvalue weighted by atomic mass is 35.5. The van der Waals surface area contributed by atoms with E-state index in [1.807, 2.05) is 56.3 Å². The van der Waals surface area contributed by atoms with Gasteiger partial charge in [-0.3, -0.25) is 19.3 Å². The molecule has 8 nitrogen and oxygen atoms in total. The fourth-order valence-corrected chi connectivity index (χ4v) is 5.77. The van der Waals surface area contributed by atoms with Crippen LogP contribution in [0.1, 0.15) is 40.5 Å². The molecule has 42 heavy (non-hydrogen) atoms. The normalized spacial score (nSPS) is 14.2. The van der Waals surface area contributed by atoms with Gasteiger partial charge in [0, 0.05) is 34.4 Å². The van der Waals surface area contributed by atoms with E-state index < -0.39 is 29.6 Å². The summed E-state index contributed by atoms with van der Waals surface area (Å²) in [7, 11) is 0. The molecule has 0 atom stereocenters. The predicted octanol–water partition coefficient (Wildman–Crippen LogP) is 6.89. The highest BCUT2D eigenvalue weighted by molar-refractivity contribution is 8.18. The molecule has 0 spiro atoms. The smallest absolute Gasteiger partial charge is 0.339 e. The summed E-state index contributed by atoms with van der Waals surface area (Å²) in [4.78, 5) is 52.4. The third-order valence-corrected chi connectivity index (χ3v) is 8.06. The van der Waals surface area contributed by atoms with Crippen LogP contribution in [0.2, 0.25) is 5.02 Å². The van der Waals surface area contributed by atoms with Gasteiger partial charge >= 0.3 is 5.97 Å². The summed E-state index contributed by atoms with van der Waals surface area (Å²) in [6, 6.07) is 22.4. The molecule has 10 heteroatoms. The Morgan fingerprint density at radius 1 is 1.02 bits per heavy atom. The Morgan fingerprint density at radius 2 is 1.76 bits per heavy atom. The van der Waals surface area contributed by atoms with E-state index in [2.05, 4.69) is 22.0 Å². The number of halogens is 1. The van der Waals surface area contributed by atoms with Gasteiger partial charge in [-0.2, -0.15) is 0 Å². The summed E-state index contributed by atoms with van der Waals surface area (Å²) in [5.41, 5.74) is 4.37. The molecule has 0 saturated carbocycles. The van der Waals surface area contributed by atoms with Crippen molar-refractivity contribution in [3.63, 3.8) is 0 Å². The van der Waals surface area contributed by atoms with Crippen LogP contribution in [-0.2, 0) is 20.9 Å². The molecule has 3 amide bonds. The van der Waals surface area contributed by atoms with Crippen molar-refractivity contribution >= 4 is 69.1 Å². The number of nitrogens with zero attached hydrogens (tertiary/aromatic N) is 2. The number of hydrogen-bond donors (Lipinski definition) is 1. The molecule has 1 aliphatic heterocycles. The van der Waals surface area contributed by atoms with Crippen molar-refractivity contribution in [2.45, 2.75) is 26.8 Å². The first-order chi connectivity index (χ1) is 20.3. The number of amides is 3. The van der Waals surface area contributed by atoms with Crippen LogP contribution >= 0.6 is 23.4 Å². The van der Waals surface area contributed by atoms with Crippen LogP contribution in [0.5, 0.6) is 0 Å². The van der Waals surface area contributed by atoms with Crippen molar-refractivity contribution in [1.29, 1.82) is 0 Å². The summed E-state index contributed by atoms with van der Waals surface area (Å²) >= 11 is 6.93. The molecule has 1 aromatic heterocycles. The molecule has 2 heterocycles. The van der Waals surface area contributed by atoms with Crippen molar-refractivity contribution < 1.29 is 23.9 Å². The third kappa shape index (κ3) is 6.12. The zero-order valence-corrected chi connectivity index (χ0v) is 24.6.